The van der Waals surface area contributed by atoms with Crippen LogP contribution in [-0.2, 0) is 17.8 Å². The molecule has 0 saturated carbocycles. The van der Waals surface area contributed by atoms with Crippen LogP contribution in [0.5, 0.6) is 0 Å². The highest BCUT2D eigenvalue weighted by molar-refractivity contribution is 7.11. The maximum atomic E-state index is 12.3. The summed E-state index contributed by atoms with van der Waals surface area (Å²) in [7, 11) is 3.68. The molecule has 1 aromatic rings. The monoisotopic (exact) mass is 394 g/mol. The fraction of sp³-hybridized carbons (Fsp3) is 0.737. The Labute approximate surface area is 167 Å². The minimum atomic E-state index is 0.0552. The van der Waals surface area contributed by atoms with Gasteiger partial charge in [-0.15, -0.1) is 11.3 Å². The summed E-state index contributed by atoms with van der Waals surface area (Å²) in [5, 5.41) is 7.73. The van der Waals surface area contributed by atoms with Crippen LogP contribution < -0.4 is 10.6 Å². The van der Waals surface area contributed by atoms with Crippen LogP contribution in [0.1, 0.15) is 43.0 Å². The molecule has 1 aliphatic heterocycles. The lowest BCUT2D eigenvalue weighted by atomic mass is 10.2. The smallest absolute Gasteiger partial charge is 0.239 e. The molecule has 2 rings (SSSR count). The molecule has 2 N–H and O–H groups in total. The molecule has 152 valence electrons. The van der Waals surface area contributed by atoms with Crippen molar-refractivity contribution in [3.8, 4) is 0 Å². The van der Waals surface area contributed by atoms with E-state index in [0.29, 0.717) is 6.54 Å². The molecule has 1 unspecified atom stereocenters. The molecule has 0 bridgehead atoms. The Bertz CT molecular complexity index is 615. The van der Waals surface area contributed by atoms with Crippen LogP contribution >= 0.6 is 11.3 Å². The van der Waals surface area contributed by atoms with Gasteiger partial charge in [-0.05, 0) is 39.2 Å². The maximum Gasteiger partial charge on any atom is 0.239 e. The van der Waals surface area contributed by atoms with Crippen LogP contribution in [0.15, 0.2) is 11.2 Å². The molecule has 0 aromatic carbocycles. The van der Waals surface area contributed by atoms with Crippen molar-refractivity contribution in [1.82, 2.24) is 25.4 Å². The molecule has 1 amide bonds. The first-order chi connectivity index (χ1) is 13.0. The average Bonchev–Trinajstić information content (AvgIpc) is 3.31. The van der Waals surface area contributed by atoms with Gasteiger partial charge in [-0.2, -0.15) is 0 Å². The zero-order valence-electron chi connectivity index (χ0n) is 17.1. The number of aromatic nitrogens is 1. The Morgan fingerprint density at radius 2 is 2.22 bits per heavy atom. The Morgan fingerprint density at radius 1 is 1.41 bits per heavy atom. The Morgan fingerprint density at radius 3 is 2.89 bits per heavy atom. The lowest BCUT2D eigenvalue weighted by Gasteiger charge is -2.26. The van der Waals surface area contributed by atoms with E-state index in [1.165, 1.54) is 4.88 Å². The van der Waals surface area contributed by atoms with Crippen LogP contribution in [0.4, 0.5) is 0 Å². The first-order valence-electron chi connectivity index (χ1n) is 9.96. The number of nitrogens with one attached hydrogen (secondary N) is 2. The second-order valence-corrected chi connectivity index (χ2v) is 8.18. The first-order valence-corrected chi connectivity index (χ1v) is 10.8. The topological polar surface area (TPSA) is 72.9 Å². The number of nitrogens with zero attached hydrogens (tertiary/aromatic N) is 4. The van der Waals surface area contributed by atoms with Crippen molar-refractivity contribution >= 4 is 23.2 Å². The van der Waals surface area contributed by atoms with Crippen LogP contribution in [0.3, 0.4) is 0 Å². The Balaban J connectivity index is 1.76. The van der Waals surface area contributed by atoms with Crippen LogP contribution in [-0.4, -0.2) is 73.0 Å². The molecular weight excluding hydrogens is 360 g/mol. The van der Waals surface area contributed by atoms with Crippen molar-refractivity contribution in [2.24, 2.45) is 4.99 Å². The second kappa shape index (κ2) is 11.2. The molecule has 1 atom stereocenters. The predicted molar refractivity (Wildman–Crippen MR) is 112 cm³/mol. The van der Waals surface area contributed by atoms with Gasteiger partial charge in [0.25, 0.3) is 0 Å². The molecule has 27 heavy (non-hydrogen) atoms. The summed E-state index contributed by atoms with van der Waals surface area (Å²) in [5.41, 5.74) is 0. The van der Waals surface area contributed by atoms with E-state index in [0.717, 1.165) is 62.8 Å². The lowest BCUT2D eigenvalue weighted by molar-refractivity contribution is -0.133. The number of carbonyl (C=O) groups is 1. The van der Waals surface area contributed by atoms with E-state index in [-0.39, 0.29) is 11.9 Å². The molecule has 1 aliphatic rings. The van der Waals surface area contributed by atoms with E-state index in [9.17, 15) is 4.79 Å². The van der Waals surface area contributed by atoms with E-state index in [1.807, 2.05) is 20.3 Å². The van der Waals surface area contributed by atoms with E-state index < -0.39 is 0 Å². The zero-order chi connectivity index (χ0) is 19.6. The van der Waals surface area contributed by atoms with Gasteiger partial charge in [-0.1, -0.05) is 6.92 Å². The lowest BCUT2D eigenvalue weighted by Crippen LogP contribution is -2.44. The summed E-state index contributed by atoms with van der Waals surface area (Å²) in [6.45, 7) is 8.43. The third kappa shape index (κ3) is 6.77. The number of carbonyl (C=O) groups excluding carboxylic acids is 1. The number of aliphatic imine (C=N–C) groups is 1. The molecule has 1 aromatic heterocycles. The van der Waals surface area contributed by atoms with Crippen LogP contribution in [0.25, 0.3) is 0 Å². The molecule has 1 saturated heterocycles. The van der Waals surface area contributed by atoms with Crippen LogP contribution in [0, 0.1) is 0 Å². The molecule has 2 heterocycles. The maximum absolute atomic E-state index is 12.3. The summed E-state index contributed by atoms with van der Waals surface area (Å²) >= 11 is 1.73. The minimum absolute atomic E-state index is 0.0552. The number of guanidine groups is 1. The molecule has 7 nitrogen and oxygen atoms in total. The van der Waals surface area contributed by atoms with Crippen molar-refractivity contribution < 1.29 is 4.79 Å². The summed E-state index contributed by atoms with van der Waals surface area (Å²) in [6, 6.07) is 0.0552. The summed E-state index contributed by atoms with van der Waals surface area (Å²) in [6.07, 6.45) is 6.03. The van der Waals surface area contributed by atoms with Crippen molar-refractivity contribution in [3.63, 3.8) is 0 Å². The Kier molecular flexibility index (Phi) is 9.00. The van der Waals surface area contributed by atoms with Gasteiger partial charge in [-0.25, -0.2) is 9.98 Å². The molecule has 0 radical (unpaired) electrons. The number of likely N-dealkylation sites (N-methyl/N-ethyl adjacent to an activating group) is 1. The highest BCUT2D eigenvalue weighted by Gasteiger charge is 2.30. The van der Waals surface area contributed by atoms with Gasteiger partial charge in [0.05, 0.1) is 12.6 Å². The fourth-order valence-electron chi connectivity index (χ4n) is 3.23. The van der Waals surface area contributed by atoms with Crippen molar-refractivity contribution in [1.29, 1.82) is 0 Å². The van der Waals surface area contributed by atoms with Crippen LogP contribution in [0.2, 0.25) is 0 Å². The standard InChI is InChI=1S/C19H34N6OS/c1-5-15-13-22-17(27-15)14-23-19(20-6-2)21-10-8-12-25-11-7-9-16(25)18(26)24(3)4/h13,16H,5-12,14H2,1-4H3,(H2,20,21,23). The number of amides is 1. The second-order valence-electron chi connectivity index (χ2n) is 6.98. The van der Waals surface area contributed by atoms with Gasteiger partial charge < -0.3 is 15.5 Å². The fourth-order valence-corrected chi connectivity index (χ4v) is 4.02. The third-order valence-corrected chi connectivity index (χ3v) is 5.80. The average molecular weight is 395 g/mol. The van der Waals surface area contributed by atoms with Gasteiger partial charge in [0.15, 0.2) is 5.96 Å². The van der Waals surface area contributed by atoms with Gasteiger partial charge in [0.1, 0.15) is 5.01 Å². The van der Waals surface area contributed by atoms with E-state index in [4.69, 9.17) is 0 Å². The first kappa shape index (κ1) is 21.6. The number of aryl methyl sites for hydroxylation is 1. The number of hydrogen-bond donors (Lipinski definition) is 2. The normalized spacial score (nSPS) is 17.9. The number of likely N-dealkylation sites (tertiary alicyclic amines) is 1. The van der Waals surface area contributed by atoms with Crippen molar-refractivity contribution in [2.45, 2.75) is 52.1 Å². The zero-order valence-corrected chi connectivity index (χ0v) is 17.9. The van der Waals surface area contributed by atoms with Gasteiger partial charge in [-0.3, -0.25) is 9.69 Å². The molecule has 8 heteroatoms. The van der Waals surface area contributed by atoms with Gasteiger partial charge >= 0.3 is 0 Å². The number of thiazole rings is 1. The number of rotatable bonds is 9. The summed E-state index contributed by atoms with van der Waals surface area (Å²) in [4.78, 5) is 26.6. The highest BCUT2D eigenvalue weighted by atomic mass is 32.1. The van der Waals surface area contributed by atoms with E-state index in [2.05, 4.69) is 39.4 Å². The van der Waals surface area contributed by atoms with E-state index >= 15 is 0 Å². The van der Waals surface area contributed by atoms with Crippen molar-refractivity contribution in [3.05, 3.63) is 16.1 Å². The highest BCUT2D eigenvalue weighted by Crippen LogP contribution is 2.18. The SMILES string of the molecule is CCNC(=NCc1ncc(CC)s1)NCCCN1CCCC1C(=O)N(C)C. The van der Waals surface area contributed by atoms with Gasteiger partial charge in [0, 0.05) is 44.8 Å². The van der Waals surface area contributed by atoms with Gasteiger partial charge in [0.2, 0.25) is 5.91 Å². The summed E-state index contributed by atoms with van der Waals surface area (Å²) < 4.78 is 0. The molecular formula is C19H34N6OS. The summed E-state index contributed by atoms with van der Waals surface area (Å²) in [5.74, 6) is 1.05. The van der Waals surface area contributed by atoms with E-state index in [1.54, 1.807) is 16.2 Å². The third-order valence-electron chi connectivity index (χ3n) is 4.67. The molecule has 0 aliphatic carbocycles. The molecule has 1 fully saturated rings. The van der Waals surface area contributed by atoms with Crippen molar-refractivity contribution in [2.75, 3.05) is 40.3 Å². The predicted octanol–water partition coefficient (Wildman–Crippen LogP) is 1.70. The largest absolute Gasteiger partial charge is 0.357 e. The quantitative estimate of drug-likeness (QED) is 0.379. The Hall–Kier alpha value is -1.67. The molecule has 0 spiro atoms. The number of hydrogen-bond acceptors (Lipinski definition) is 5. The minimum Gasteiger partial charge on any atom is -0.357 e.